The molecule has 9 nitrogen and oxygen atoms in total. The van der Waals surface area contributed by atoms with Crippen LogP contribution >= 0.6 is 11.6 Å². The highest BCUT2D eigenvalue weighted by molar-refractivity contribution is 6.31. The predicted octanol–water partition coefficient (Wildman–Crippen LogP) is 3.48. The Morgan fingerprint density at radius 3 is 2.66 bits per heavy atom. The number of piperazine rings is 1. The smallest absolute Gasteiger partial charge is 0.356 e. The number of rotatable bonds is 6. The third kappa shape index (κ3) is 4.80. The lowest BCUT2D eigenvalue weighted by atomic mass is 10.1. The number of esters is 1. The van der Waals surface area contributed by atoms with Gasteiger partial charge in [0.15, 0.2) is 11.5 Å². The first kappa shape index (κ1) is 23.5. The third-order valence-corrected chi connectivity index (χ3v) is 6.81. The number of ether oxygens (including phenoxy) is 3. The normalized spacial score (nSPS) is 16.9. The summed E-state index contributed by atoms with van der Waals surface area (Å²) in [5, 5.41) is 4.11. The number of fused-ring (bicyclic) bond motifs is 2. The van der Waals surface area contributed by atoms with Crippen LogP contribution in [0.3, 0.4) is 0 Å². The van der Waals surface area contributed by atoms with Crippen LogP contribution in [0.4, 0.5) is 5.69 Å². The summed E-state index contributed by atoms with van der Waals surface area (Å²) in [7, 11) is 1.30. The molecule has 1 aromatic heterocycles. The largest absolute Gasteiger partial charge is 0.464 e. The summed E-state index contributed by atoms with van der Waals surface area (Å²) >= 11 is 6.16. The lowest BCUT2D eigenvalue weighted by Crippen LogP contribution is -2.52. The van der Waals surface area contributed by atoms with Crippen LogP contribution in [0.25, 0.3) is 10.9 Å². The molecular formula is C25H27ClN4O5. The summed E-state index contributed by atoms with van der Waals surface area (Å²) in [5.74, 6) is 0.820. The fraction of sp³-hybridized carbons (Fsp3) is 0.360. The van der Waals surface area contributed by atoms with Crippen LogP contribution in [0.15, 0.2) is 36.4 Å². The molecule has 2 aliphatic rings. The van der Waals surface area contributed by atoms with Gasteiger partial charge in [-0.15, -0.1) is 0 Å². The molecule has 0 unspecified atom stereocenters. The number of carbonyl (C=O) groups excluding carboxylic acids is 2. The molecule has 1 atom stereocenters. The van der Waals surface area contributed by atoms with Crippen molar-refractivity contribution in [3.8, 4) is 11.5 Å². The first-order chi connectivity index (χ1) is 16.9. The third-order valence-electron chi connectivity index (χ3n) is 6.58. The molecule has 3 aromatic rings. The first-order valence-corrected chi connectivity index (χ1v) is 11.9. The van der Waals surface area contributed by atoms with Gasteiger partial charge >= 0.3 is 5.97 Å². The van der Waals surface area contributed by atoms with Gasteiger partial charge in [-0.1, -0.05) is 17.7 Å². The Bertz CT molecular complexity index is 1270. The molecule has 0 aliphatic carbocycles. The number of carbonyl (C=O) groups is 2. The number of aromatic nitrogens is 1. The summed E-state index contributed by atoms with van der Waals surface area (Å²) in [6.07, 6.45) is 0. The van der Waals surface area contributed by atoms with E-state index in [4.69, 9.17) is 25.8 Å². The Morgan fingerprint density at radius 2 is 1.89 bits per heavy atom. The molecule has 2 aliphatic heterocycles. The average Bonchev–Trinajstić information content (AvgIpc) is 3.48. The number of halogens is 1. The van der Waals surface area contributed by atoms with Crippen LogP contribution in [0, 0.1) is 0 Å². The van der Waals surface area contributed by atoms with E-state index in [1.807, 2.05) is 19.1 Å². The Labute approximate surface area is 207 Å². The molecule has 35 heavy (non-hydrogen) atoms. The van der Waals surface area contributed by atoms with Crippen molar-refractivity contribution in [3.63, 3.8) is 0 Å². The molecule has 184 valence electrons. The predicted molar refractivity (Wildman–Crippen MR) is 132 cm³/mol. The molecule has 0 spiro atoms. The summed E-state index contributed by atoms with van der Waals surface area (Å²) in [5.41, 5.74) is 2.43. The molecule has 10 heteroatoms. The maximum absolute atomic E-state index is 13.2. The molecule has 1 saturated heterocycles. The lowest BCUT2D eigenvalue weighted by Gasteiger charge is -2.37. The highest BCUT2D eigenvalue weighted by Crippen LogP contribution is 2.33. The lowest BCUT2D eigenvalue weighted by molar-refractivity contribution is -0.121. The van der Waals surface area contributed by atoms with Gasteiger partial charge in [0.1, 0.15) is 5.69 Å². The maximum Gasteiger partial charge on any atom is 0.356 e. The van der Waals surface area contributed by atoms with E-state index in [1.165, 1.54) is 12.7 Å². The van der Waals surface area contributed by atoms with Crippen molar-refractivity contribution >= 4 is 40.1 Å². The number of methoxy groups -OCH3 is 1. The van der Waals surface area contributed by atoms with Gasteiger partial charge in [0.2, 0.25) is 12.7 Å². The Morgan fingerprint density at radius 1 is 1.11 bits per heavy atom. The van der Waals surface area contributed by atoms with Gasteiger partial charge in [-0.25, -0.2) is 4.79 Å². The molecule has 0 saturated carbocycles. The van der Waals surface area contributed by atoms with Crippen molar-refractivity contribution < 1.29 is 23.8 Å². The number of hydrogen-bond acceptors (Lipinski definition) is 7. The van der Waals surface area contributed by atoms with Gasteiger partial charge in [0, 0.05) is 48.6 Å². The zero-order chi connectivity index (χ0) is 24.5. The number of aromatic amines is 1. The minimum atomic E-state index is -0.558. The van der Waals surface area contributed by atoms with Gasteiger partial charge < -0.3 is 24.5 Å². The van der Waals surface area contributed by atoms with E-state index in [9.17, 15) is 9.59 Å². The van der Waals surface area contributed by atoms with Gasteiger partial charge in [-0.3, -0.25) is 14.6 Å². The second-order valence-corrected chi connectivity index (χ2v) is 9.16. The highest BCUT2D eigenvalue weighted by atomic mass is 35.5. The molecular weight excluding hydrogens is 472 g/mol. The van der Waals surface area contributed by atoms with Gasteiger partial charge in [0.05, 0.1) is 18.8 Å². The van der Waals surface area contributed by atoms with Crippen LogP contribution in [-0.4, -0.2) is 72.8 Å². The Kier molecular flexibility index (Phi) is 6.55. The fourth-order valence-corrected chi connectivity index (χ4v) is 4.72. The van der Waals surface area contributed by atoms with E-state index in [1.54, 1.807) is 18.2 Å². The summed E-state index contributed by atoms with van der Waals surface area (Å²) in [6, 6.07) is 10.9. The second-order valence-electron chi connectivity index (χ2n) is 8.72. The average molecular weight is 499 g/mol. The van der Waals surface area contributed by atoms with E-state index >= 15 is 0 Å². The van der Waals surface area contributed by atoms with Crippen LogP contribution < -0.4 is 14.8 Å². The van der Waals surface area contributed by atoms with E-state index < -0.39 is 5.97 Å². The number of amides is 1. The molecule has 2 N–H and O–H groups in total. The van der Waals surface area contributed by atoms with Crippen molar-refractivity contribution in [2.45, 2.75) is 19.5 Å². The quantitative estimate of drug-likeness (QED) is 0.502. The van der Waals surface area contributed by atoms with Crippen LogP contribution in [0.1, 0.15) is 23.0 Å². The van der Waals surface area contributed by atoms with E-state index in [0.29, 0.717) is 21.6 Å². The highest BCUT2D eigenvalue weighted by Gasteiger charge is 2.28. The molecule has 0 radical (unpaired) electrons. The van der Waals surface area contributed by atoms with Crippen molar-refractivity contribution in [1.82, 2.24) is 14.8 Å². The topological polar surface area (TPSA) is 96.1 Å². The molecule has 0 bridgehead atoms. The SMILES string of the molecule is COC(=O)c1[nH]c2ccc(Cl)cc2c1NC(=O)[C@@H](C)N1CCN(Cc2ccc3c(c2)OCO3)CC1. The van der Waals surface area contributed by atoms with E-state index in [-0.39, 0.29) is 24.4 Å². The van der Waals surface area contributed by atoms with Crippen molar-refractivity contribution in [1.29, 1.82) is 0 Å². The van der Waals surface area contributed by atoms with E-state index in [2.05, 4.69) is 26.2 Å². The van der Waals surface area contributed by atoms with Crippen LogP contribution in [0.5, 0.6) is 11.5 Å². The Balaban J connectivity index is 1.23. The minimum absolute atomic E-state index is 0.193. The molecule has 1 fully saturated rings. The maximum atomic E-state index is 13.2. The number of anilines is 1. The van der Waals surface area contributed by atoms with Gasteiger partial charge in [0.25, 0.3) is 0 Å². The number of benzene rings is 2. The minimum Gasteiger partial charge on any atom is -0.464 e. The molecule has 2 aromatic carbocycles. The summed E-state index contributed by atoms with van der Waals surface area (Å²) < 4.78 is 15.8. The number of nitrogens with zero attached hydrogens (tertiary/aromatic N) is 2. The number of hydrogen-bond donors (Lipinski definition) is 2. The second kappa shape index (κ2) is 9.77. The number of nitrogens with one attached hydrogen (secondary N) is 2. The first-order valence-electron chi connectivity index (χ1n) is 11.5. The van der Waals surface area contributed by atoms with Crippen LogP contribution in [0.2, 0.25) is 5.02 Å². The molecule has 5 rings (SSSR count). The Hall–Kier alpha value is -3.27. The van der Waals surface area contributed by atoms with E-state index in [0.717, 1.165) is 44.2 Å². The number of H-pyrrole nitrogens is 1. The van der Waals surface area contributed by atoms with Gasteiger partial charge in [-0.2, -0.15) is 0 Å². The molecule has 3 heterocycles. The van der Waals surface area contributed by atoms with Crippen molar-refractivity contribution in [2.24, 2.45) is 0 Å². The zero-order valence-electron chi connectivity index (χ0n) is 19.6. The van der Waals surface area contributed by atoms with Gasteiger partial charge in [-0.05, 0) is 42.8 Å². The monoisotopic (exact) mass is 498 g/mol. The molecule has 1 amide bonds. The fourth-order valence-electron chi connectivity index (χ4n) is 4.55. The van der Waals surface area contributed by atoms with Crippen molar-refractivity contribution in [2.75, 3.05) is 45.4 Å². The summed E-state index contributed by atoms with van der Waals surface area (Å²) in [4.78, 5) is 33.0. The standard InChI is InChI=1S/C25H27ClN4O5/c1-15(24(31)28-22-18-12-17(26)4-5-19(18)27-23(22)25(32)33-2)30-9-7-29(8-10-30)13-16-3-6-20-21(11-16)35-14-34-20/h3-6,11-12,15,27H,7-10,13-14H2,1-2H3,(H,28,31)/t15-/m1/s1. The van der Waals surface area contributed by atoms with Crippen molar-refractivity contribution in [3.05, 3.63) is 52.7 Å². The summed E-state index contributed by atoms with van der Waals surface area (Å²) in [6.45, 7) is 6.13. The zero-order valence-corrected chi connectivity index (χ0v) is 20.4. The van der Waals surface area contributed by atoms with Crippen LogP contribution in [-0.2, 0) is 16.1 Å².